The summed E-state index contributed by atoms with van der Waals surface area (Å²) < 4.78 is 6.26. The zero-order chi connectivity index (χ0) is 12.5. The SMILES string of the molecule is COCc1[nH]nc(N)c1-c1nc2ccccc2s1. The van der Waals surface area contributed by atoms with Crippen LogP contribution in [-0.2, 0) is 11.3 Å². The number of hydrogen-bond acceptors (Lipinski definition) is 5. The van der Waals surface area contributed by atoms with E-state index in [9.17, 15) is 0 Å². The van der Waals surface area contributed by atoms with Gasteiger partial charge in [0.05, 0.1) is 28.1 Å². The van der Waals surface area contributed by atoms with Crippen LogP contribution in [0, 0.1) is 0 Å². The van der Waals surface area contributed by atoms with Gasteiger partial charge < -0.3 is 10.5 Å². The first-order chi connectivity index (χ1) is 8.79. The summed E-state index contributed by atoms with van der Waals surface area (Å²) in [5.74, 6) is 0.459. The molecule has 18 heavy (non-hydrogen) atoms. The molecule has 3 N–H and O–H groups in total. The van der Waals surface area contributed by atoms with E-state index in [1.165, 1.54) is 0 Å². The van der Waals surface area contributed by atoms with Gasteiger partial charge in [-0.3, -0.25) is 5.10 Å². The lowest BCUT2D eigenvalue weighted by atomic mass is 10.2. The number of thiazole rings is 1. The highest BCUT2D eigenvalue weighted by Gasteiger charge is 2.16. The molecule has 3 aromatic rings. The smallest absolute Gasteiger partial charge is 0.155 e. The molecule has 6 heteroatoms. The third kappa shape index (κ3) is 1.75. The van der Waals surface area contributed by atoms with Gasteiger partial charge in [-0.15, -0.1) is 11.3 Å². The van der Waals surface area contributed by atoms with Crippen molar-refractivity contribution >= 4 is 27.4 Å². The number of nitrogens with two attached hydrogens (primary N) is 1. The van der Waals surface area contributed by atoms with E-state index in [4.69, 9.17) is 10.5 Å². The minimum absolute atomic E-state index is 0.440. The predicted molar refractivity (Wildman–Crippen MR) is 72.3 cm³/mol. The average molecular weight is 260 g/mol. The Morgan fingerprint density at radius 1 is 1.39 bits per heavy atom. The quantitative estimate of drug-likeness (QED) is 0.758. The van der Waals surface area contributed by atoms with Crippen molar-refractivity contribution in [2.45, 2.75) is 6.61 Å². The molecule has 1 aromatic carbocycles. The van der Waals surface area contributed by atoms with Gasteiger partial charge in [0.25, 0.3) is 0 Å². The molecule has 0 atom stereocenters. The first-order valence-corrected chi connectivity index (χ1v) is 6.29. The van der Waals surface area contributed by atoms with Crippen LogP contribution in [0.3, 0.4) is 0 Å². The van der Waals surface area contributed by atoms with Crippen molar-refractivity contribution in [2.75, 3.05) is 12.8 Å². The molecular weight excluding hydrogens is 248 g/mol. The highest BCUT2D eigenvalue weighted by Crippen LogP contribution is 2.34. The molecule has 0 fully saturated rings. The number of H-pyrrole nitrogens is 1. The number of aromatic nitrogens is 3. The first-order valence-electron chi connectivity index (χ1n) is 5.47. The summed E-state index contributed by atoms with van der Waals surface area (Å²) in [6, 6.07) is 8.00. The number of fused-ring (bicyclic) bond motifs is 1. The maximum Gasteiger partial charge on any atom is 0.155 e. The van der Waals surface area contributed by atoms with E-state index in [1.807, 2.05) is 24.3 Å². The van der Waals surface area contributed by atoms with E-state index in [-0.39, 0.29) is 0 Å². The van der Waals surface area contributed by atoms with Gasteiger partial charge in [0.2, 0.25) is 0 Å². The third-order valence-electron chi connectivity index (χ3n) is 2.67. The molecule has 2 aromatic heterocycles. The van der Waals surface area contributed by atoms with Gasteiger partial charge in [-0.1, -0.05) is 12.1 Å². The molecule has 0 spiro atoms. The number of nitrogen functional groups attached to an aromatic ring is 1. The number of hydrogen-bond donors (Lipinski definition) is 2. The fourth-order valence-corrected chi connectivity index (χ4v) is 2.91. The second-order valence-corrected chi connectivity index (χ2v) is 4.91. The molecule has 3 rings (SSSR count). The molecule has 2 heterocycles. The fraction of sp³-hybridized carbons (Fsp3) is 0.167. The van der Waals surface area contributed by atoms with Gasteiger partial charge in [-0.25, -0.2) is 4.98 Å². The maximum atomic E-state index is 5.89. The second kappa shape index (κ2) is 4.40. The van der Waals surface area contributed by atoms with Crippen molar-refractivity contribution < 1.29 is 4.74 Å². The Morgan fingerprint density at radius 2 is 2.22 bits per heavy atom. The van der Waals surface area contributed by atoms with E-state index >= 15 is 0 Å². The molecule has 92 valence electrons. The summed E-state index contributed by atoms with van der Waals surface area (Å²) in [6.45, 7) is 0.440. The van der Waals surface area contributed by atoms with Gasteiger partial charge >= 0.3 is 0 Å². The Morgan fingerprint density at radius 3 is 3.00 bits per heavy atom. The number of methoxy groups -OCH3 is 1. The summed E-state index contributed by atoms with van der Waals surface area (Å²) >= 11 is 1.60. The number of nitrogens with zero attached hydrogens (tertiary/aromatic N) is 2. The van der Waals surface area contributed by atoms with Gasteiger partial charge in [-0.05, 0) is 12.1 Å². The first kappa shape index (κ1) is 11.2. The Labute approximate surface area is 108 Å². The molecular formula is C12H12N4OS. The molecule has 0 unspecified atom stereocenters. The van der Waals surface area contributed by atoms with E-state index in [0.29, 0.717) is 12.4 Å². The van der Waals surface area contributed by atoms with Crippen LogP contribution in [0.15, 0.2) is 24.3 Å². The van der Waals surface area contributed by atoms with E-state index in [2.05, 4.69) is 15.2 Å². The zero-order valence-corrected chi connectivity index (χ0v) is 10.6. The number of para-hydroxylation sites is 1. The molecule has 0 aliphatic carbocycles. The van der Waals surface area contributed by atoms with Crippen LogP contribution in [0.4, 0.5) is 5.82 Å². The molecule has 5 nitrogen and oxygen atoms in total. The number of anilines is 1. The standard InChI is InChI=1S/C12H12N4OS/c1-17-6-8-10(11(13)16-15-8)12-14-7-4-2-3-5-9(7)18-12/h2-5H,6H2,1H3,(H3,13,15,16). The van der Waals surface area contributed by atoms with Crippen molar-refractivity contribution in [3.05, 3.63) is 30.0 Å². The second-order valence-electron chi connectivity index (χ2n) is 3.88. The summed E-state index contributed by atoms with van der Waals surface area (Å²) in [5, 5.41) is 7.78. The van der Waals surface area contributed by atoms with Crippen LogP contribution < -0.4 is 5.73 Å². The number of benzene rings is 1. The van der Waals surface area contributed by atoms with Crippen LogP contribution in [0.1, 0.15) is 5.69 Å². The van der Waals surface area contributed by atoms with Crippen LogP contribution >= 0.6 is 11.3 Å². The van der Waals surface area contributed by atoms with Gasteiger partial charge in [0.1, 0.15) is 5.01 Å². The van der Waals surface area contributed by atoms with E-state index in [0.717, 1.165) is 26.5 Å². The van der Waals surface area contributed by atoms with Crippen molar-refractivity contribution in [1.29, 1.82) is 0 Å². The summed E-state index contributed by atoms with van der Waals surface area (Å²) in [4.78, 5) is 4.58. The van der Waals surface area contributed by atoms with Crippen molar-refractivity contribution in [1.82, 2.24) is 15.2 Å². The van der Waals surface area contributed by atoms with Crippen LogP contribution in [0.5, 0.6) is 0 Å². The molecule has 0 radical (unpaired) electrons. The molecule has 0 aliphatic heterocycles. The predicted octanol–water partition coefficient (Wildman–Crippen LogP) is 2.42. The van der Waals surface area contributed by atoms with Crippen LogP contribution in [-0.4, -0.2) is 22.3 Å². The number of rotatable bonds is 3. The van der Waals surface area contributed by atoms with Crippen LogP contribution in [0.25, 0.3) is 20.8 Å². The van der Waals surface area contributed by atoms with E-state index in [1.54, 1.807) is 18.4 Å². The van der Waals surface area contributed by atoms with Crippen molar-refractivity contribution in [3.63, 3.8) is 0 Å². The highest BCUT2D eigenvalue weighted by atomic mass is 32.1. The number of ether oxygens (including phenoxy) is 1. The third-order valence-corrected chi connectivity index (χ3v) is 3.72. The minimum atomic E-state index is 0.440. The summed E-state index contributed by atoms with van der Waals surface area (Å²) in [6.07, 6.45) is 0. The zero-order valence-electron chi connectivity index (χ0n) is 9.80. The van der Waals surface area contributed by atoms with E-state index < -0.39 is 0 Å². The van der Waals surface area contributed by atoms with Crippen LogP contribution in [0.2, 0.25) is 0 Å². The van der Waals surface area contributed by atoms with Crippen molar-refractivity contribution in [3.8, 4) is 10.6 Å². The van der Waals surface area contributed by atoms with Gasteiger partial charge in [0.15, 0.2) is 5.82 Å². The normalized spacial score (nSPS) is 11.2. The molecule has 0 saturated carbocycles. The van der Waals surface area contributed by atoms with Gasteiger partial charge in [0, 0.05) is 7.11 Å². The fourth-order valence-electron chi connectivity index (χ4n) is 1.86. The summed E-state index contributed by atoms with van der Waals surface area (Å²) in [7, 11) is 1.64. The Balaban J connectivity index is 2.16. The topological polar surface area (TPSA) is 76.8 Å². The Kier molecular flexibility index (Phi) is 2.73. The maximum absolute atomic E-state index is 5.89. The monoisotopic (exact) mass is 260 g/mol. The lowest BCUT2D eigenvalue weighted by molar-refractivity contribution is 0.182. The Hall–Kier alpha value is -1.92. The number of aromatic amines is 1. The largest absolute Gasteiger partial charge is 0.382 e. The number of nitrogens with one attached hydrogen (secondary N) is 1. The minimum Gasteiger partial charge on any atom is -0.382 e. The molecule has 0 aliphatic rings. The highest BCUT2D eigenvalue weighted by molar-refractivity contribution is 7.21. The van der Waals surface area contributed by atoms with Crippen molar-refractivity contribution in [2.24, 2.45) is 0 Å². The lowest BCUT2D eigenvalue weighted by Crippen LogP contribution is -1.92. The molecule has 0 bridgehead atoms. The average Bonchev–Trinajstić information content (AvgIpc) is 2.93. The lowest BCUT2D eigenvalue weighted by Gasteiger charge is -1.98. The molecule has 0 saturated heterocycles. The van der Waals surface area contributed by atoms with Gasteiger partial charge in [-0.2, -0.15) is 5.10 Å². The Bertz CT molecular complexity index is 655. The molecule has 0 amide bonds. The summed E-state index contributed by atoms with van der Waals surface area (Å²) in [5.41, 5.74) is 8.57.